The molecule has 0 saturated carbocycles. The summed E-state index contributed by atoms with van der Waals surface area (Å²) in [5.41, 5.74) is 0. The van der Waals surface area contributed by atoms with Crippen LogP contribution in [0.4, 0.5) is 0 Å². The Morgan fingerprint density at radius 2 is 2.00 bits per heavy atom. The molecule has 0 radical (unpaired) electrons. The van der Waals surface area contributed by atoms with Crippen molar-refractivity contribution >= 4 is 11.9 Å². The Morgan fingerprint density at radius 1 is 1.31 bits per heavy atom. The van der Waals surface area contributed by atoms with Crippen molar-refractivity contribution in [2.75, 3.05) is 6.61 Å². The molecule has 1 heterocycles. The number of ether oxygens (including phenoxy) is 1. The largest absolute Gasteiger partial charge is 0.475 e. The molecule has 0 saturated heterocycles. The fourth-order valence-electron chi connectivity index (χ4n) is 1.15. The SMILES string of the molecule is CCCCCOC(=O)c1ccc(C(=O)O)o1. The highest BCUT2D eigenvalue weighted by Gasteiger charge is 2.15. The maximum atomic E-state index is 11.3. The number of hydrogen-bond donors (Lipinski definition) is 1. The second-order valence-corrected chi connectivity index (χ2v) is 3.31. The van der Waals surface area contributed by atoms with Gasteiger partial charge in [0.15, 0.2) is 0 Å². The van der Waals surface area contributed by atoms with Crippen LogP contribution >= 0.6 is 0 Å². The maximum absolute atomic E-state index is 11.3. The lowest BCUT2D eigenvalue weighted by Gasteiger charge is -2.01. The third kappa shape index (κ3) is 3.42. The fourth-order valence-corrected chi connectivity index (χ4v) is 1.15. The van der Waals surface area contributed by atoms with Gasteiger partial charge >= 0.3 is 11.9 Å². The van der Waals surface area contributed by atoms with Gasteiger partial charge in [-0.05, 0) is 18.6 Å². The maximum Gasteiger partial charge on any atom is 0.374 e. The molecule has 1 N–H and O–H groups in total. The number of unbranched alkanes of at least 4 members (excludes halogenated alkanes) is 2. The molecule has 0 fully saturated rings. The molecule has 1 rings (SSSR count). The predicted octanol–water partition coefficient (Wildman–Crippen LogP) is 2.32. The lowest BCUT2D eigenvalue weighted by Crippen LogP contribution is -2.05. The Labute approximate surface area is 93.0 Å². The van der Waals surface area contributed by atoms with Crippen LogP contribution < -0.4 is 0 Å². The number of aromatic carboxylic acids is 1. The van der Waals surface area contributed by atoms with Crippen LogP contribution in [-0.4, -0.2) is 23.7 Å². The molecule has 5 heteroatoms. The monoisotopic (exact) mass is 226 g/mol. The number of hydrogen-bond acceptors (Lipinski definition) is 4. The summed E-state index contributed by atoms with van der Waals surface area (Å²) in [6.07, 6.45) is 2.84. The van der Waals surface area contributed by atoms with E-state index in [4.69, 9.17) is 14.3 Å². The number of carboxylic acid groups (broad SMARTS) is 1. The molecular formula is C11H14O5. The van der Waals surface area contributed by atoms with Crippen molar-refractivity contribution in [1.82, 2.24) is 0 Å². The third-order valence-electron chi connectivity index (χ3n) is 2.00. The molecule has 0 amide bonds. The van der Waals surface area contributed by atoms with Crippen LogP contribution in [0.15, 0.2) is 16.5 Å². The van der Waals surface area contributed by atoms with Crippen LogP contribution in [-0.2, 0) is 4.74 Å². The first kappa shape index (κ1) is 12.3. The van der Waals surface area contributed by atoms with Gasteiger partial charge in [0.25, 0.3) is 0 Å². The van der Waals surface area contributed by atoms with Crippen LogP contribution in [0.2, 0.25) is 0 Å². The van der Waals surface area contributed by atoms with Crippen molar-refractivity contribution in [3.05, 3.63) is 23.7 Å². The van der Waals surface area contributed by atoms with Crippen molar-refractivity contribution in [1.29, 1.82) is 0 Å². The molecular weight excluding hydrogens is 212 g/mol. The Bertz CT molecular complexity index is 366. The lowest BCUT2D eigenvalue weighted by molar-refractivity contribution is 0.0456. The summed E-state index contributed by atoms with van der Waals surface area (Å²) in [7, 11) is 0. The molecule has 0 aromatic carbocycles. The smallest absolute Gasteiger partial charge is 0.374 e. The van der Waals surface area contributed by atoms with Crippen LogP contribution in [0.1, 0.15) is 47.3 Å². The summed E-state index contributed by atoms with van der Waals surface area (Å²) < 4.78 is 9.69. The van der Waals surface area contributed by atoms with Gasteiger partial charge in [-0.2, -0.15) is 0 Å². The summed E-state index contributed by atoms with van der Waals surface area (Å²) in [6.45, 7) is 2.38. The van der Waals surface area contributed by atoms with Gasteiger partial charge in [0.2, 0.25) is 11.5 Å². The first-order valence-corrected chi connectivity index (χ1v) is 5.15. The van der Waals surface area contributed by atoms with Crippen LogP contribution in [0.3, 0.4) is 0 Å². The normalized spacial score (nSPS) is 10.1. The number of rotatable bonds is 6. The molecule has 0 aliphatic rings. The lowest BCUT2D eigenvalue weighted by atomic mass is 10.3. The molecule has 0 bridgehead atoms. The average molecular weight is 226 g/mol. The minimum atomic E-state index is -1.20. The van der Waals surface area contributed by atoms with Gasteiger partial charge in [0.05, 0.1) is 6.61 Å². The van der Waals surface area contributed by atoms with Gasteiger partial charge < -0.3 is 14.3 Å². The first-order chi connectivity index (χ1) is 7.65. The van der Waals surface area contributed by atoms with Gasteiger partial charge in [0.1, 0.15) is 0 Å². The molecule has 88 valence electrons. The zero-order chi connectivity index (χ0) is 12.0. The van der Waals surface area contributed by atoms with Gasteiger partial charge in [-0.1, -0.05) is 19.8 Å². The summed E-state index contributed by atoms with van der Waals surface area (Å²) in [5, 5.41) is 8.58. The Kier molecular flexibility index (Phi) is 4.57. The highest BCUT2D eigenvalue weighted by atomic mass is 16.5. The standard InChI is InChI=1S/C11H14O5/c1-2-3-4-7-15-11(14)9-6-5-8(16-9)10(12)13/h5-6H,2-4,7H2,1H3,(H,12,13). The topological polar surface area (TPSA) is 76.7 Å². The van der Waals surface area contributed by atoms with Gasteiger partial charge in [-0.25, -0.2) is 9.59 Å². The van der Waals surface area contributed by atoms with Crippen molar-refractivity contribution in [3.8, 4) is 0 Å². The van der Waals surface area contributed by atoms with E-state index in [1.165, 1.54) is 12.1 Å². The van der Waals surface area contributed by atoms with Gasteiger partial charge in [-0.15, -0.1) is 0 Å². The van der Waals surface area contributed by atoms with Crippen molar-refractivity contribution in [2.45, 2.75) is 26.2 Å². The number of carbonyl (C=O) groups excluding carboxylic acids is 1. The Hall–Kier alpha value is -1.78. The number of carbonyl (C=O) groups is 2. The molecule has 0 spiro atoms. The van der Waals surface area contributed by atoms with E-state index in [9.17, 15) is 9.59 Å². The van der Waals surface area contributed by atoms with Gasteiger partial charge in [-0.3, -0.25) is 0 Å². The Morgan fingerprint density at radius 3 is 2.56 bits per heavy atom. The van der Waals surface area contributed by atoms with E-state index < -0.39 is 11.9 Å². The molecule has 1 aromatic heterocycles. The van der Waals surface area contributed by atoms with Crippen LogP contribution in [0.25, 0.3) is 0 Å². The van der Waals surface area contributed by atoms with E-state index in [1.807, 2.05) is 6.92 Å². The first-order valence-electron chi connectivity index (χ1n) is 5.15. The van der Waals surface area contributed by atoms with E-state index in [0.29, 0.717) is 6.61 Å². The minimum absolute atomic E-state index is 0.0751. The molecule has 0 aliphatic carbocycles. The van der Waals surface area contributed by atoms with E-state index in [2.05, 4.69) is 0 Å². The predicted molar refractivity (Wildman–Crippen MR) is 55.5 cm³/mol. The quantitative estimate of drug-likeness (QED) is 0.595. The van der Waals surface area contributed by atoms with Crippen molar-refractivity contribution < 1.29 is 23.8 Å². The molecule has 0 aliphatic heterocycles. The van der Waals surface area contributed by atoms with Crippen molar-refractivity contribution in [2.24, 2.45) is 0 Å². The second-order valence-electron chi connectivity index (χ2n) is 3.31. The molecule has 0 atom stereocenters. The number of esters is 1. The van der Waals surface area contributed by atoms with Crippen LogP contribution in [0.5, 0.6) is 0 Å². The molecule has 1 aromatic rings. The average Bonchev–Trinajstić information content (AvgIpc) is 2.73. The van der Waals surface area contributed by atoms with E-state index in [1.54, 1.807) is 0 Å². The fraction of sp³-hybridized carbons (Fsp3) is 0.455. The van der Waals surface area contributed by atoms with E-state index in [-0.39, 0.29) is 11.5 Å². The molecule has 16 heavy (non-hydrogen) atoms. The minimum Gasteiger partial charge on any atom is -0.475 e. The summed E-state index contributed by atoms with van der Waals surface area (Å²) >= 11 is 0. The number of furan rings is 1. The summed E-state index contributed by atoms with van der Waals surface area (Å²) in [6, 6.07) is 2.52. The van der Waals surface area contributed by atoms with Crippen LogP contribution in [0, 0.1) is 0 Å². The zero-order valence-electron chi connectivity index (χ0n) is 9.06. The summed E-state index contributed by atoms with van der Waals surface area (Å²) in [5.74, 6) is -2.16. The molecule has 5 nitrogen and oxygen atoms in total. The van der Waals surface area contributed by atoms with E-state index in [0.717, 1.165) is 19.3 Å². The Balaban J connectivity index is 2.43. The van der Waals surface area contributed by atoms with E-state index >= 15 is 0 Å². The third-order valence-corrected chi connectivity index (χ3v) is 2.00. The zero-order valence-corrected chi connectivity index (χ0v) is 9.06. The number of carboxylic acids is 1. The second kappa shape index (κ2) is 5.95. The van der Waals surface area contributed by atoms with Gasteiger partial charge in [0, 0.05) is 0 Å². The molecule has 0 unspecified atom stereocenters. The summed E-state index contributed by atoms with van der Waals surface area (Å²) in [4.78, 5) is 21.8. The highest BCUT2D eigenvalue weighted by molar-refractivity contribution is 5.89. The highest BCUT2D eigenvalue weighted by Crippen LogP contribution is 2.09. The van der Waals surface area contributed by atoms with Crippen molar-refractivity contribution in [3.63, 3.8) is 0 Å².